The summed E-state index contributed by atoms with van der Waals surface area (Å²) in [6.45, 7) is 1.20. The Bertz CT molecular complexity index is 1360. The molecule has 1 aliphatic heterocycles. The van der Waals surface area contributed by atoms with Gasteiger partial charge < -0.3 is 29.7 Å². The van der Waals surface area contributed by atoms with Crippen molar-refractivity contribution in [1.29, 1.82) is 0 Å². The largest absolute Gasteiger partial charge is 0.491 e. The number of hydrogen-bond acceptors (Lipinski definition) is 8. The maximum atomic E-state index is 11.9. The van der Waals surface area contributed by atoms with Gasteiger partial charge in [0.25, 0.3) is 0 Å². The minimum atomic E-state index is -1.10. The lowest BCUT2D eigenvalue weighted by Gasteiger charge is -2.27. The fourth-order valence-electron chi connectivity index (χ4n) is 4.20. The number of ether oxygens (including phenoxy) is 3. The molecule has 1 aromatic heterocycles. The molecule has 5 rings (SSSR count). The molecule has 0 saturated carbocycles. The molecule has 0 bridgehead atoms. The fourth-order valence-corrected chi connectivity index (χ4v) is 4.20. The summed E-state index contributed by atoms with van der Waals surface area (Å²) in [6, 6.07) is 19.7. The number of fused-ring (bicyclic) bond motifs is 1. The molecule has 2 atom stereocenters. The van der Waals surface area contributed by atoms with E-state index in [2.05, 4.69) is 15.6 Å². The van der Waals surface area contributed by atoms with E-state index in [1.165, 1.54) is 16.9 Å². The third-order valence-electron chi connectivity index (χ3n) is 6.11. The molecule has 4 aromatic rings. The van der Waals surface area contributed by atoms with Crippen LogP contribution in [-0.2, 0) is 6.42 Å². The third kappa shape index (κ3) is 6.28. The van der Waals surface area contributed by atoms with Crippen LogP contribution in [0.15, 0.2) is 79.1 Å². The summed E-state index contributed by atoms with van der Waals surface area (Å²) in [6.07, 6.45) is 4.08. The maximum Gasteiger partial charge on any atom is 0.339 e. The first kappa shape index (κ1) is 25.2. The zero-order chi connectivity index (χ0) is 26.3. The lowest BCUT2D eigenvalue weighted by atomic mass is 10.0. The van der Waals surface area contributed by atoms with Gasteiger partial charge in [0.1, 0.15) is 47.4 Å². The molecule has 0 saturated heterocycles. The highest BCUT2D eigenvalue weighted by Crippen LogP contribution is 2.34. The lowest BCUT2D eigenvalue weighted by Crippen LogP contribution is -2.39. The molecule has 38 heavy (non-hydrogen) atoms. The Balaban J connectivity index is 1.14. The third-order valence-corrected chi connectivity index (χ3v) is 6.11. The Kier molecular flexibility index (Phi) is 7.81. The van der Waals surface area contributed by atoms with E-state index in [0.717, 1.165) is 29.9 Å². The zero-order valence-corrected chi connectivity index (χ0v) is 20.6. The van der Waals surface area contributed by atoms with Gasteiger partial charge >= 0.3 is 5.97 Å². The van der Waals surface area contributed by atoms with Crippen LogP contribution in [-0.4, -0.2) is 63.1 Å². The molecule has 3 N–H and O–H groups in total. The number of aromatic nitrogens is 3. The quantitative estimate of drug-likeness (QED) is 0.274. The van der Waals surface area contributed by atoms with Gasteiger partial charge in [-0.05, 0) is 66.9 Å². The first-order chi connectivity index (χ1) is 18.5. The number of carbonyl (C=O) groups is 1. The Morgan fingerprint density at radius 1 is 1.13 bits per heavy atom. The molecule has 0 radical (unpaired) electrons. The molecule has 0 unspecified atom stereocenters. The monoisotopic (exact) mass is 516 g/mol. The lowest BCUT2D eigenvalue weighted by molar-refractivity contribution is 0.0694. The summed E-state index contributed by atoms with van der Waals surface area (Å²) in [4.78, 5) is 11.9. The Morgan fingerprint density at radius 2 is 2.00 bits per heavy atom. The number of para-hydroxylation sites is 1. The molecule has 0 spiro atoms. The second-order valence-corrected chi connectivity index (χ2v) is 8.92. The second kappa shape index (κ2) is 11.8. The summed E-state index contributed by atoms with van der Waals surface area (Å²) >= 11 is 0. The number of nitrogens with zero attached hydrogens (tertiary/aromatic N) is 3. The van der Waals surface area contributed by atoms with Crippen molar-refractivity contribution in [2.45, 2.75) is 25.0 Å². The Labute approximate surface area is 219 Å². The first-order valence-electron chi connectivity index (χ1n) is 12.3. The van der Waals surface area contributed by atoms with Crippen LogP contribution in [0.4, 0.5) is 0 Å². The summed E-state index contributed by atoms with van der Waals surface area (Å²) < 4.78 is 19.1. The Hall–Kier alpha value is -4.41. The van der Waals surface area contributed by atoms with E-state index < -0.39 is 12.1 Å². The highest BCUT2D eigenvalue weighted by atomic mass is 16.5. The van der Waals surface area contributed by atoms with Crippen LogP contribution in [0.3, 0.4) is 0 Å². The predicted octanol–water partition coefficient (Wildman–Crippen LogP) is 3.48. The molecule has 196 valence electrons. The minimum absolute atomic E-state index is 0.0227. The highest BCUT2D eigenvalue weighted by Gasteiger charge is 2.21. The van der Waals surface area contributed by atoms with Crippen molar-refractivity contribution in [2.24, 2.45) is 0 Å². The van der Waals surface area contributed by atoms with E-state index in [1.54, 1.807) is 24.4 Å². The van der Waals surface area contributed by atoms with Gasteiger partial charge in [-0.25, -0.2) is 9.48 Å². The molecular weight excluding hydrogens is 488 g/mol. The molecule has 0 fully saturated rings. The van der Waals surface area contributed by atoms with Crippen LogP contribution in [0.2, 0.25) is 0 Å². The van der Waals surface area contributed by atoms with Gasteiger partial charge in [0, 0.05) is 13.1 Å². The number of aliphatic hydroxyl groups excluding tert-OH is 1. The number of aromatic carboxylic acids is 1. The van der Waals surface area contributed by atoms with E-state index in [9.17, 15) is 15.0 Å². The molecular formula is C28H28N4O6. The van der Waals surface area contributed by atoms with Crippen molar-refractivity contribution in [3.05, 3.63) is 90.3 Å². The van der Waals surface area contributed by atoms with Gasteiger partial charge in [-0.2, -0.15) is 0 Å². The SMILES string of the molecule is O=C(O)c1cc(-n2ccnn2)ccc1Oc1ccc2c(c1)CC[C@H](CNC[C@H](O)COc1ccccc1)O2. The summed E-state index contributed by atoms with van der Waals surface area (Å²) in [5, 5.41) is 30.8. The minimum Gasteiger partial charge on any atom is -0.491 e. The molecule has 0 aliphatic carbocycles. The number of aryl methyl sites for hydroxylation is 1. The smallest absolute Gasteiger partial charge is 0.339 e. The van der Waals surface area contributed by atoms with E-state index in [1.807, 2.05) is 42.5 Å². The van der Waals surface area contributed by atoms with Crippen LogP contribution >= 0.6 is 0 Å². The molecule has 2 heterocycles. The molecule has 1 aliphatic rings. The fraction of sp³-hybridized carbons (Fsp3) is 0.250. The van der Waals surface area contributed by atoms with Crippen LogP contribution in [0.5, 0.6) is 23.0 Å². The summed E-state index contributed by atoms with van der Waals surface area (Å²) in [5.41, 5.74) is 1.59. The number of rotatable bonds is 11. The van der Waals surface area contributed by atoms with Crippen LogP contribution in [0.1, 0.15) is 22.3 Å². The number of nitrogens with one attached hydrogen (secondary N) is 1. The van der Waals surface area contributed by atoms with Crippen molar-refractivity contribution in [2.75, 3.05) is 19.7 Å². The van der Waals surface area contributed by atoms with E-state index in [0.29, 0.717) is 24.5 Å². The number of aliphatic hydroxyl groups is 1. The van der Waals surface area contributed by atoms with Crippen molar-refractivity contribution in [3.8, 4) is 28.7 Å². The highest BCUT2D eigenvalue weighted by molar-refractivity contribution is 5.91. The van der Waals surface area contributed by atoms with Crippen LogP contribution in [0.25, 0.3) is 5.69 Å². The first-order valence-corrected chi connectivity index (χ1v) is 12.3. The Morgan fingerprint density at radius 3 is 2.79 bits per heavy atom. The van der Waals surface area contributed by atoms with Gasteiger partial charge in [0.15, 0.2) is 0 Å². The average molecular weight is 517 g/mol. The standard InChI is InChI=1S/C28H28N4O6/c33-21(18-36-22-4-2-1-3-5-22)16-29-17-24-8-6-19-14-23(9-11-26(19)38-24)37-27-10-7-20(15-25(27)28(34)35)32-13-12-30-31-32/h1-5,7,9-15,21,24,29,33H,6,8,16-18H2,(H,34,35)/t21-,24+/m0/s1. The van der Waals surface area contributed by atoms with Gasteiger partial charge in [-0.3, -0.25) is 0 Å². The van der Waals surface area contributed by atoms with Crippen molar-refractivity contribution in [3.63, 3.8) is 0 Å². The normalized spacial score (nSPS) is 15.2. The second-order valence-electron chi connectivity index (χ2n) is 8.92. The average Bonchev–Trinajstić information content (AvgIpc) is 3.48. The van der Waals surface area contributed by atoms with Gasteiger partial charge in [-0.1, -0.05) is 23.4 Å². The summed E-state index contributed by atoms with van der Waals surface area (Å²) in [7, 11) is 0. The van der Waals surface area contributed by atoms with Gasteiger partial charge in [0.05, 0.1) is 18.1 Å². The molecule has 10 heteroatoms. The molecule has 10 nitrogen and oxygen atoms in total. The number of hydrogen-bond donors (Lipinski definition) is 3. The number of carboxylic acid groups (broad SMARTS) is 1. The molecule has 3 aromatic carbocycles. The maximum absolute atomic E-state index is 11.9. The van der Waals surface area contributed by atoms with E-state index >= 15 is 0 Å². The molecule has 0 amide bonds. The summed E-state index contributed by atoms with van der Waals surface area (Å²) in [5.74, 6) is 1.15. The van der Waals surface area contributed by atoms with Gasteiger partial charge in [-0.15, -0.1) is 5.10 Å². The van der Waals surface area contributed by atoms with Crippen LogP contribution < -0.4 is 19.5 Å². The van der Waals surface area contributed by atoms with E-state index in [4.69, 9.17) is 14.2 Å². The topological polar surface area (TPSA) is 128 Å². The number of benzene rings is 3. The van der Waals surface area contributed by atoms with Crippen LogP contribution in [0, 0.1) is 0 Å². The van der Waals surface area contributed by atoms with Crippen molar-refractivity contribution in [1.82, 2.24) is 20.3 Å². The van der Waals surface area contributed by atoms with E-state index in [-0.39, 0.29) is 24.0 Å². The zero-order valence-electron chi connectivity index (χ0n) is 20.6. The number of carboxylic acids is 1. The van der Waals surface area contributed by atoms with Crippen molar-refractivity contribution >= 4 is 5.97 Å². The van der Waals surface area contributed by atoms with Gasteiger partial charge in [0.2, 0.25) is 0 Å². The van der Waals surface area contributed by atoms with Crippen molar-refractivity contribution < 1.29 is 29.2 Å². The predicted molar refractivity (Wildman–Crippen MR) is 138 cm³/mol.